The van der Waals surface area contributed by atoms with Crippen molar-refractivity contribution in [1.29, 1.82) is 0 Å². The predicted molar refractivity (Wildman–Crippen MR) is 81.4 cm³/mol. The lowest BCUT2D eigenvalue weighted by molar-refractivity contribution is 0.401. The molecule has 0 aliphatic rings. The van der Waals surface area contributed by atoms with Crippen molar-refractivity contribution in [2.24, 2.45) is 0 Å². The quantitative estimate of drug-likeness (QED) is 0.871. The minimum Gasteiger partial charge on any atom is -0.495 e. The van der Waals surface area contributed by atoms with Crippen molar-refractivity contribution in [3.8, 4) is 5.75 Å². The van der Waals surface area contributed by atoms with Crippen molar-refractivity contribution in [3.05, 3.63) is 41.5 Å². The van der Waals surface area contributed by atoms with Gasteiger partial charge in [-0.2, -0.15) is 0 Å². The molecule has 2 rings (SSSR count). The summed E-state index contributed by atoms with van der Waals surface area (Å²) >= 11 is 0. The van der Waals surface area contributed by atoms with Gasteiger partial charge in [-0.25, -0.2) is 17.4 Å². The van der Waals surface area contributed by atoms with Crippen LogP contribution in [0, 0.1) is 13.8 Å². The van der Waals surface area contributed by atoms with E-state index >= 15 is 0 Å². The molecule has 1 heterocycles. The Morgan fingerprint density at radius 1 is 1.24 bits per heavy atom. The maximum atomic E-state index is 12.8. The van der Waals surface area contributed by atoms with Gasteiger partial charge in [-0.05, 0) is 43.0 Å². The maximum absolute atomic E-state index is 12.8. The number of ether oxygens (including phenoxy) is 1. The minimum atomic E-state index is -3.71. The lowest BCUT2D eigenvalue weighted by atomic mass is 9.98. The van der Waals surface area contributed by atoms with Gasteiger partial charge in [-0.1, -0.05) is 13.8 Å². The number of hydrogen-bond donors (Lipinski definition) is 0. The molecule has 0 bridgehead atoms. The topological polar surface area (TPSA) is 61.2 Å². The molecule has 5 nitrogen and oxygen atoms in total. The molecule has 0 radical (unpaired) electrons. The highest BCUT2D eigenvalue weighted by molar-refractivity contribution is 7.90. The summed E-state index contributed by atoms with van der Waals surface area (Å²) in [6.45, 7) is 7.68. The highest BCUT2D eigenvalue weighted by atomic mass is 32.2. The third-order valence-corrected chi connectivity index (χ3v) is 5.27. The van der Waals surface area contributed by atoms with E-state index in [9.17, 15) is 8.42 Å². The zero-order valence-corrected chi connectivity index (χ0v) is 13.7. The molecule has 0 atom stereocenters. The SMILES string of the molecule is COc1cc(C)c(C(C)C)cc1S(=O)(=O)n1ccnc1C. The molecule has 6 heteroatoms. The summed E-state index contributed by atoms with van der Waals surface area (Å²) in [5.74, 6) is 1.00. The summed E-state index contributed by atoms with van der Waals surface area (Å²) in [7, 11) is -2.24. The molecule has 0 unspecified atom stereocenters. The van der Waals surface area contributed by atoms with Gasteiger partial charge in [0.05, 0.1) is 7.11 Å². The Balaban J connectivity index is 2.73. The molecular formula is C15H20N2O3S. The Morgan fingerprint density at radius 2 is 1.90 bits per heavy atom. The Kier molecular flexibility index (Phi) is 4.09. The lowest BCUT2D eigenvalue weighted by Gasteiger charge is -2.16. The van der Waals surface area contributed by atoms with E-state index in [0.29, 0.717) is 11.6 Å². The standard InChI is InChI=1S/C15H20N2O3S/c1-10(2)13-9-15(14(20-5)8-11(13)3)21(18,19)17-7-6-16-12(17)4/h6-10H,1-5H3. The fourth-order valence-corrected chi connectivity index (χ4v) is 3.88. The Hall–Kier alpha value is -1.82. The van der Waals surface area contributed by atoms with Crippen molar-refractivity contribution in [1.82, 2.24) is 8.96 Å². The summed E-state index contributed by atoms with van der Waals surface area (Å²) in [6.07, 6.45) is 2.91. The second-order valence-corrected chi connectivity index (χ2v) is 7.07. The van der Waals surface area contributed by atoms with E-state index in [1.165, 1.54) is 23.5 Å². The third kappa shape index (κ3) is 2.68. The normalized spacial score (nSPS) is 11.9. The molecule has 1 aromatic carbocycles. The lowest BCUT2D eigenvalue weighted by Crippen LogP contribution is -2.15. The average molecular weight is 308 g/mol. The van der Waals surface area contributed by atoms with Crippen LogP contribution in [-0.4, -0.2) is 24.5 Å². The molecule has 21 heavy (non-hydrogen) atoms. The summed E-state index contributed by atoms with van der Waals surface area (Å²) in [6, 6.07) is 3.47. The van der Waals surface area contributed by atoms with Crippen LogP contribution in [0.2, 0.25) is 0 Å². The van der Waals surface area contributed by atoms with Crippen LogP contribution in [0.4, 0.5) is 0 Å². The van der Waals surface area contributed by atoms with E-state index in [4.69, 9.17) is 4.74 Å². The predicted octanol–water partition coefficient (Wildman–Crippen LogP) is 2.87. The fraction of sp³-hybridized carbons (Fsp3) is 0.400. The summed E-state index contributed by atoms with van der Waals surface area (Å²) in [5, 5.41) is 0. The molecule has 0 aliphatic heterocycles. The second-order valence-electron chi connectivity index (χ2n) is 5.29. The molecular weight excluding hydrogens is 288 g/mol. The molecule has 0 fully saturated rings. The van der Waals surface area contributed by atoms with E-state index < -0.39 is 10.0 Å². The van der Waals surface area contributed by atoms with E-state index in [-0.39, 0.29) is 10.8 Å². The number of nitrogens with zero attached hydrogens (tertiary/aromatic N) is 2. The van der Waals surface area contributed by atoms with Crippen molar-refractivity contribution in [2.75, 3.05) is 7.11 Å². The van der Waals surface area contributed by atoms with Crippen LogP contribution in [0.15, 0.2) is 29.4 Å². The van der Waals surface area contributed by atoms with Crippen LogP contribution < -0.4 is 4.74 Å². The number of aryl methyl sites for hydroxylation is 2. The Labute approximate surface area is 125 Å². The van der Waals surface area contributed by atoms with Gasteiger partial charge in [-0.15, -0.1) is 0 Å². The maximum Gasteiger partial charge on any atom is 0.272 e. The van der Waals surface area contributed by atoms with E-state index in [1.807, 2.05) is 20.8 Å². The van der Waals surface area contributed by atoms with Crippen LogP contribution >= 0.6 is 0 Å². The van der Waals surface area contributed by atoms with Gasteiger partial charge in [-0.3, -0.25) is 0 Å². The summed E-state index contributed by atoms with van der Waals surface area (Å²) < 4.78 is 32.1. The summed E-state index contributed by atoms with van der Waals surface area (Å²) in [5.41, 5.74) is 2.01. The monoisotopic (exact) mass is 308 g/mol. The molecule has 0 spiro atoms. The number of benzene rings is 1. The highest BCUT2D eigenvalue weighted by Gasteiger charge is 2.25. The van der Waals surface area contributed by atoms with Crippen molar-refractivity contribution in [2.45, 2.75) is 38.5 Å². The zero-order chi connectivity index (χ0) is 15.8. The first-order valence-electron chi connectivity index (χ1n) is 6.73. The van der Waals surface area contributed by atoms with Crippen molar-refractivity contribution in [3.63, 3.8) is 0 Å². The van der Waals surface area contributed by atoms with E-state index in [2.05, 4.69) is 4.98 Å². The summed E-state index contributed by atoms with van der Waals surface area (Å²) in [4.78, 5) is 4.15. The molecule has 114 valence electrons. The van der Waals surface area contributed by atoms with Crippen LogP contribution in [-0.2, 0) is 10.0 Å². The number of imidazole rings is 1. The molecule has 2 aromatic rings. The molecule has 0 N–H and O–H groups in total. The molecule has 1 aromatic heterocycles. The molecule has 0 saturated carbocycles. The average Bonchev–Trinajstić information content (AvgIpc) is 2.84. The van der Waals surface area contributed by atoms with Crippen LogP contribution in [0.25, 0.3) is 0 Å². The first-order valence-corrected chi connectivity index (χ1v) is 8.17. The highest BCUT2D eigenvalue weighted by Crippen LogP contribution is 2.32. The van der Waals surface area contributed by atoms with Crippen LogP contribution in [0.3, 0.4) is 0 Å². The molecule has 0 amide bonds. The van der Waals surface area contributed by atoms with Gasteiger partial charge >= 0.3 is 0 Å². The molecule has 0 aliphatic carbocycles. The van der Waals surface area contributed by atoms with E-state index in [0.717, 1.165) is 11.1 Å². The Bertz CT molecular complexity index is 761. The Morgan fingerprint density at radius 3 is 2.38 bits per heavy atom. The van der Waals surface area contributed by atoms with Gasteiger partial charge in [0.1, 0.15) is 16.5 Å². The largest absolute Gasteiger partial charge is 0.495 e. The van der Waals surface area contributed by atoms with Gasteiger partial charge in [0.15, 0.2) is 0 Å². The fourth-order valence-electron chi connectivity index (χ4n) is 2.39. The van der Waals surface area contributed by atoms with Gasteiger partial charge < -0.3 is 4.74 Å². The second kappa shape index (κ2) is 5.52. The number of hydrogen-bond acceptors (Lipinski definition) is 4. The van der Waals surface area contributed by atoms with Crippen molar-refractivity contribution < 1.29 is 13.2 Å². The van der Waals surface area contributed by atoms with Gasteiger partial charge in [0.2, 0.25) is 0 Å². The van der Waals surface area contributed by atoms with Crippen LogP contribution in [0.1, 0.15) is 36.7 Å². The number of methoxy groups -OCH3 is 1. The van der Waals surface area contributed by atoms with Gasteiger partial charge in [0, 0.05) is 12.4 Å². The van der Waals surface area contributed by atoms with E-state index in [1.54, 1.807) is 19.1 Å². The minimum absolute atomic E-state index is 0.167. The molecule has 0 saturated heterocycles. The van der Waals surface area contributed by atoms with Crippen LogP contribution in [0.5, 0.6) is 5.75 Å². The van der Waals surface area contributed by atoms with Gasteiger partial charge in [0.25, 0.3) is 10.0 Å². The first-order chi connectivity index (χ1) is 9.78. The number of rotatable bonds is 4. The van der Waals surface area contributed by atoms with Crippen molar-refractivity contribution >= 4 is 10.0 Å². The smallest absolute Gasteiger partial charge is 0.272 e. The zero-order valence-electron chi connectivity index (χ0n) is 12.9. The number of aromatic nitrogens is 2. The third-order valence-electron chi connectivity index (χ3n) is 3.49. The first kappa shape index (κ1) is 15.6.